The van der Waals surface area contributed by atoms with Crippen LogP contribution in [0.15, 0.2) is 97.1 Å². The van der Waals surface area contributed by atoms with E-state index in [1.54, 1.807) is 5.32 Å². The van der Waals surface area contributed by atoms with E-state index in [0.29, 0.717) is 16.8 Å². The first kappa shape index (κ1) is 40.6. The van der Waals surface area contributed by atoms with Crippen LogP contribution >= 0.6 is 23.2 Å². The zero-order chi connectivity index (χ0) is 39.7. The number of carbonyl (C=O) groups is 4. The van der Waals surface area contributed by atoms with Gasteiger partial charge in [0.1, 0.15) is 51.7 Å². The monoisotopic (exact) mass is 798 g/mol. The molecule has 0 atom stereocenters. The average Bonchev–Trinajstić information content (AvgIpc) is 3.07. The zero-order valence-electron chi connectivity index (χ0n) is 26.6. The highest BCUT2D eigenvalue weighted by atomic mass is 35.5. The molecule has 0 unspecified atom stereocenters. The highest BCUT2D eigenvalue weighted by molar-refractivity contribution is 6.32. The van der Waals surface area contributed by atoms with Gasteiger partial charge in [-0.1, -0.05) is 35.3 Å². The topological polar surface area (TPSA) is 126 Å². The van der Waals surface area contributed by atoms with E-state index < -0.39 is 81.5 Å². The molecule has 6 amide bonds. The largest absolute Gasteiger partial charge is 0.456 e. The van der Waals surface area contributed by atoms with Crippen LogP contribution in [0.3, 0.4) is 0 Å². The molecule has 19 heteroatoms. The van der Waals surface area contributed by atoms with Crippen LogP contribution in [0.5, 0.6) is 11.5 Å². The molecule has 0 heterocycles. The van der Waals surface area contributed by atoms with Gasteiger partial charge in [-0.25, -0.2) is 31.5 Å². The Morgan fingerprint density at radius 1 is 0.574 bits per heavy atom. The summed E-state index contributed by atoms with van der Waals surface area (Å²) >= 11 is 11.5. The molecule has 0 fully saturated rings. The lowest BCUT2D eigenvalue weighted by Crippen LogP contribution is -2.35. The van der Waals surface area contributed by atoms with Crippen molar-refractivity contribution in [3.63, 3.8) is 0 Å². The fraction of sp³-hybridized carbons (Fsp3) is 0.0286. The van der Waals surface area contributed by atoms with Crippen LogP contribution in [0.2, 0.25) is 10.0 Å². The lowest BCUT2D eigenvalue weighted by atomic mass is 10.2. The fourth-order valence-electron chi connectivity index (χ4n) is 4.16. The zero-order valence-corrected chi connectivity index (χ0v) is 28.1. The molecule has 0 aliphatic heterocycles. The Balaban J connectivity index is 0.000000266. The van der Waals surface area contributed by atoms with E-state index in [2.05, 4.69) is 5.32 Å². The molecule has 0 spiro atoms. The van der Waals surface area contributed by atoms with Crippen molar-refractivity contribution in [3.05, 3.63) is 153 Å². The van der Waals surface area contributed by atoms with E-state index in [0.717, 1.165) is 66.7 Å². The first-order valence-electron chi connectivity index (χ1n) is 14.7. The number of hydrogen-bond acceptors (Lipinski definition) is 5. The molecule has 4 N–H and O–H groups in total. The van der Waals surface area contributed by atoms with E-state index in [1.165, 1.54) is 24.3 Å². The quantitative estimate of drug-likeness (QED) is 0.127. The maximum Gasteiger partial charge on any atom is 0.416 e. The van der Waals surface area contributed by atoms with Gasteiger partial charge in [0.15, 0.2) is 0 Å². The van der Waals surface area contributed by atoms with E-state index in [1.807, 2.05) is 10.6 Å². The van der Waals surface area contributed by atoms with Gasteiger partial charge < -0.3 is 15.4 Å². The summed E-state index contributed by atoms with van der Waals surface area (Å²) in [6.07, 6.45) is -4.61. The van der Waals surface area contributed by atoms with Crippen molar-refractivity contribution in [2.45, 2.75) is 6.18 Å². The van der Waals surface area contributed by atoms with Gasteiger partial charge >= 0.3 is 18.2 Å². The molecular weight excluding hydrogens is 779 g/mol. The molecule has 5 aromatic carbocycles. The van der Waals surface area contributed by atoms with E-state index in [9.17, 15) is 54.3 Å². The van der Waals surface area contributed by atoms with Crippen LogP contribution < -0.4 is 26.0 Å². The number of halogens is 10. The predicted octanol–water partition coefficient (Wildman–Crippen LogP) is 10.1. The highest BCUT2D eigenvalue weighted by Gasteiger charge is 2.31. The molecule has 5 aromatic rings. The minimum absolute atomic E-state index is 0.162. The summed E-state index contributed by atoms with van der Waals surface area (Å²) < 4.78 is 112. The fourth-order valence-corrected chi connectivity index (χ4v) is 4.50. The summed E-state index contributed by atoms with van der Waals surface area (Å²) in [6.45, 7) is 0. The Labute approximate surface area is 308 Å². The standard InChI is InChI=1S/C21H11ClF6N2O3.C14H9ClF2N2O2/c22-12-8-10(21(26,27)28)4-7-17(12)33-11-5-6-16(15(25)9-11)29-20(32)30-19(31)18-13(23)2-1-3-14(18)24;15-8-4-6-9(7-5-8)18-14(21)19-13(20)12-10(16)2-1-3-11(12)17/h1-9H,(H2,29,30,31,32);1-7H,(H2,18,19,20,21). The minimum Gasteiger partial charge on any atom is -0.456 e. The third-order valence-corrected chi connectivity index (χ3v) is 7.16. The van der Waals surface area contributed by atoms with Gasteiger partial charge in [0, 0.05) is 16.8 Å². The molecule has 0 aliphatic carbocycles. The maximum atomic E-state index is 14.3. The Morgan fingerprint density at radius 2 is 1.07 bits per heavy atom. The second-order valence-corrected chi connectivity index (χ2v) is 11.2. The van der Waals surface area contributed by atoms with E-state index in [-0.39, 0.29) is 16.5 Å². The second kappa shape index (κ2) is 17.5. The highest BCUT2D eigenvalue weighted by Crippen LogP contribution is 2.37. The number of amides is 6. The normalized spacial score (nSPS) is 10.7. The van der Waals surface area contributed by atoms with Gasteiger partial charge in [-0.15, -0.1) is 0 Å². The molecule has 0 saturated carbocycles. The molecule has 9 nitrogen and oxygen atoms in total. The molecule has 0 saturated heterocycles. The number of rotatable bonds is 6. The van der Waals surface area contributed by atoms with Crippen LogP contribution in [0.25, 0.3) is 0 Å². The third-order valence-electron chi connectivity index (χ3n) is 6.61. The third kappa shape index (κ3) is 10.9. The van der Waals surface area contributed by atoms with Crippen LogP contribution in [0.1, 0.15) is 26.3 Å². The minimum atomic E-state index is -4.61. The summed E-state index contributed by atoms with van der Waals surface area (Å²) in [4.78, 5) is 47.1. The molecule has 0 radical (unpaired) electrons. The number of benzene rings is 5. The average molecular weight is 799 g/mol. The Morgan fingerprint density at radius 3 is 1.54 bits per heavy atom. The van der Waals surface area contributed by atoms with Crippen LogP contribution in [-0.2, 0) is 6.18 Å². The van der Waals surface area contributed by atoms with Gasteiger partial charge in [-0.05, 0) is 78.9 Å². The SMILES string of the molecule is O=C(NC(=O)c1c(F)cccc1F)Nc1ccc(Cl)cc1.O=C(NC(=O)c1c(F)cccc1F)Nc1ccc(Oc2ccc(C(F)(F)F)cc2Cl)cc1F. The number of imide groups is 2. The maximum absolute atomic E-state index is 14.3. The van der Waals surface area contributed by atoms with Crippen molar-refractivity contribution in [3.8, 4) is 11.5 Å². The summed E-state index contributed by atoms with van der Waals surface area (Å²) in [7, 11) is 0. The number of nitrogens with one attached hydrogen (secondary N) is 4. The van der Waals surface area contributed by atoms with Gasteiger partial charge in [0.2, 0.25) is 0 Å². The number of alkyl halides is 3. The van der Waals surface area contributed by atoms with Gasteiger partial charge in [0.05, 0.1) is 16.3 Å². The molecule has 280 valence electrons. The Kier molecular flexibility index (Phi) is 13.2. The van der Waals surface area contributed by atoms with Gasteiger partial charge in [-0.3, -0.25) is 20.2 Å². The number of urea groups is 2. The van der Waals surface area contributed by atoms with Crippen molar-refractivity contribution in [2.24, 2.45) is 0 Å². The van der Waals surface area contributed by atoms with Crippen LogP contribution in [-0.4, -0.2) is 23.9 Å². The Bertz CT molecular complexity index is 2180. The van der Waals surface area contributed by atoms with Crippen molar-refractivity contribution < 1.29 is 59.0 Å². The number of hydrogen-bond donors (Lipinski definition) is 4. The molecule has 0 aromatic heterocycles. The van der Waals surface area contributed by atoms with Gasteiger partial charge in [-0.2, -0.15) is 13.2 Å². The summed E-state index contributed by atoms with van der Waals surface area (Å²) in [5.74, 6) is -8.44. The molecule has 5 rings (SSSR count). The number of anilines is 2. The van der Waals surface area contributed by atoms with Crippen LogP contribution in [0, 0.1) is 29.1 Å². The van der Waals surface area contributed by atoms with Crippen molar-refractivity contribution in [2.75, 3.05) is 10.6 Å². The number of ether oxygens (including phenoxy) is 1. The molecule has 54 heavy (non-hydrogen) atoms. The lowest BCUT2D eigenvalue weighted by Gasteiger charge is -2.12. The summed E-state index contributed by atoms with van der Waals surface area (Å²) in [6, 6.07) is 14.8. The first-order chi connectivity index (χ1) is 25.4. The smallest absolute Gasteiger partial charge is 0.416 e. The van der Waals surface area contributed by atoms with Crippen LogP contribution in [0.4, 0.5) is 56.1 Å². The van der Waals surface area contributed by atoms with Gasteiger partial charge in [0.25, 0.3) is 11.8 Å². The molecular formula is C35H20Cl2F8N4O5. The lowest BCUT2D eigenvalue weighted by molar-refractivity contribution is -0.137. The first-order valence-corrected chi connectivity index (χ1v) is 15.4. The van der Waals surface area contributed by atoms with E-state index in [4.69, 9.17) is 27.9 Å². The molecule has 0 bridgehead atoms. The predicted molar refractivity (Wildman–Crippen MR) is 180 cm³/mol. The Hall–Kier alpha value is -6.20. The number of carbonyl (C=O) groups excluding carboxylic acids is 4. The van der Waals surface area contributed by atoms with Crippen molar-refractivity contribution in [1.29, 1.82) is 0 Å². The second-order valence-electron chi connectivity index (χ2n) is 10.4. The summed E-state index contributed by atoms with van der Waals surface area (Å²) in [5, 5.41) is 7.92. The van der Waals surface area contributed by atoms with Crippen molar-refractivity contribution >= 4 is 58.5 Å². The summed E-state index contributed by atoms with van der Waals surface area (Å²) in [5.41, 5.74) is -2.87. The molecule has 0 aliphatic rings. The van der Waals surface area contributed by atoms with Crippen molar-refractivity contribution in [1.82, 2.24) is 10.6 Å². The van der Waals surface area contributed by atoms with E-state index >= 15 is 0 Å².